The number of guanidine groups is 1. The summed E-state index contributed by atoms with van der Waals surface area (Å²) in [5.41, 5.74) is 2.05. The predicted octanol–water partition coefficient (Wildman–Crippen LogP) is 3.58. The van der Waals surface area contributed by atoms with Crippen LogP contribution < -0.4 is 15.4 Å². The van der Waals surface area contributed by atoms with Gasteiger partial charge < -0.3 is 20.1 Å². The standard InChI is InChI=1S/C20H33F3N4O2.HI/c1-5-24-19(25-9-6-10-27(3)15-20(21,22)23)26-14-17-8-7-16(2)13-18(17)29-12-11-28-4;/h7-8,13H,5-6,9-12,14-15H2,1-4H3,(H2,24,25,26);1H. The molecule has 0 saturated heterocycles. The minimum absolute atomic E-state index is 0. The molecule has 0 aliphatic rings. The number of aliphatic imine (C=N–C) groups is 1. The van der Waals surface area contributed by atoms with Crippen molar-refractivity contribution in [3.63, 3.8) is 0 Å². The molecule has 1 aromatic carbocycles. The molecule has 0 aromatic heterocycles. The summed E-state index contributed by atoms with van der Waals surface area (Å²) < 4.78 is 47.9. The van der Waals surface area contributed by atoms with E-state index in [1.165, 1.54) is 11.9 Å². The monoisotopic (exact) mass is 546 g/mol. The van der Waals surface area contributed by atoms with Gasteiger partial charge >= 0.3 is 6.18 Å². The highest BCUT2D eigenvalue weighted by Crippen LogP contribution is 2.21. The zero-order chi connectivity index (χ0) is 21.7. The smallest absolute Gasteiger partial charge is 0.401 e. The van der Waals surface area contributed by atoms with Crippen LogP contribution in [0.3, 0.4) is 0 Å². The largest absolute Gasteiger partial charge is 0.491 e. The highest BCUT2D eigenvalue weighted by molar-refractivity contribution is 14.0. The summed E-state index contributed by atoms with van der Waals surface area (Å²) in [6, 6.07) is 5.96. The lowest BCUT2D eigenvalue weighted by Crippen LogP contribution is -2.39. The van der Waals surface area contributed by atoms with Crippen molar-refractivity contribution in [2.75, 3.05) is 53.6 Å². The van der Waals surface area contributed by atoms with Crippen LogP contribution in [0, 0.1) is 6.92 Å². The Labute approximate surface area is 194 Å². The van der Waals surface area contributed by atoms with E-state index in [1.807, 2.05) is 32.0 Å². The van der Waals surface area contributed by atoms with E-state index in [1.54, 1.807) is 7.11 Å². The van der Waals surface area contributed by atoms with E-state index in [4.69, 9.17) is 9.47 Å². The number of nitrogens with zero attached hydrogens (tertiary/aromatic N) is 2. The second-order valence-electron chi connectivity index (χ2n) is 6.78. The van der Waals surface area contributed by atoms with Crippen LogP contribution in [0.1, 0.15) is 24.5 Å². The molecule has 0 aliphatic carbocycles. The molecule has 0 aliphatic heterocycles. The summed E-state index contributed by atoms with van der Waals surface area (Å²) >= 11 is 0. The molecule has 30 heavy (non-hydrogen) atoms. The Bertz CT molecular complexity index is 631. The number of benzene rings is 1. The van der Waals surface area contributed by atoms with Gasteiger partial charge in [-0.1, -0.05) is 12.1 Å². The summed E-state index contributed by atoms with van der Waals surface area (Å²) in [4.78, 5) is 5.83. The van der Waals surface area contributed by atoms with Crippen molar-refractivity contribution in [1.82, 2.24) is 15.5 Å². The Morgan fingerprint density at radius 2 is 1.93 bits per heavy atom. The first kappa shape index (κ1) is 28.7. The van der Waals surface area contributed by atoms with Gasteiger partial charge in [-0.3, -0.25) is 4.90 Å². The number of hydrogen-bond donors (Lipinski definition) is 2. The number of nitrogens with one attached hydrogen (secondary N) is 2. The molecule has 0 spiro atoms. The van der Waals surface area contributed by atoms with Crippen LogP contribution in [0.4, 0.5) is 13.2 Å². The van der Waals surface area contributed by atoms with Gasteiger partial charge in [0.05, 0.1) is 19.7 Å². The normalized spacial score (nSPS) is 11.9. The van der Waals surface area contributed by atoms with Crippen molar-refractivity contribution < 1.29 is 22.6 Å². The van der Waals surface area contributed by atoms with Crippen LogP contribution in [0.2, 0.25) is 0 Å². The van der Waals surface area contributed by atoms with E-state index in [0.717, 1.165) is 16.9 Å². The van der Waals surface area contributed by atoms with Gasteiger partial charge in [0.25, 0.3) is 0 Å². The van der Waals surface area contributed by atoms with E-state index < -0.39 is 12.7 Å². The molecule has 10 heteroatoms. The highest BCUT2D eigenvalue weighted by Gasteiger charge is 2.28. The van der Waals surface area contributed by atoms with Crippen molar-refractivity contribution in [3.8, 4) is 5.75 Å². The molecule has 0 amide bonds. The molecule has 1 rings (SSSR count). The second-order valence-corrected chi connectivity index (χ2v) is 6.78. The molecule has 0 saturated carbocycles. The van der Waals surface area contributed by atoms with Crippen LogP contribution in [-0.2, 0) is 11.3 Å². The summed E-state index contributed by atoms with van der Waals surface area (Å²) in [5.74, 6) is 1.39. The lowest BCUT2D eigenvalue weighted by molar-refractivity contribution is -0.143. The molecule has 0 unspecified atom stereocenters. The van der Waals surface area contributed by atoms with Crippen LogP contribution in [0.15, 0.2) is 23.2 Å². The first-order valence-electron chi connectivity index (χ1n) is 9.74. The molecule has 0 atom stereocenters. The zero-order valence-electron chi connectivity index (χ0n) is 18.1. The maximum absolute atomic E-state index is 12.4. The number of halogens is 4. The van der Waals surface area contributed by atoms with E-state index in [0.29, 0.717) is 51.8 Å². The third kappa shape index (κ3) is 13.1. The first-order chi connectivity index (χ1) is 13.7. The van der Waals surface area contributed by atoms with Crippen LogP contribution in [0.5, 0.6) is 5.75 Å². The number of methoxy groups -OCH3 is 1. The summed E-state index contributed by atoms with van der Waals surface area (Å²) in [6.45, 7) is 6.00. The fourth-order valence-corrected chi connectivity index (χ4v) is 2.61. The number of aryl methyl sites for hydroxylation is 1. The van der Waals surface area contributed by atoms with Crippen LogP contribution in [0.25, 0.3) is 0 Å². The molecular weight excluding hydrogens is 512 g/mol. The van der Waals surface area contributed by atoms with Crippen molar-refractivity contribution >= 4 is 29.9 Å². The van der Waals surface area contributed by atoms with E-state index in [-0.39, 0.29) is 24.0 Å². The van der Waals surface area contributed by atoms with Gasteiger partial charge in [0.1, 0.15) is 12.4 Å². The number of hydrogen-bond acceptors (Lipinski definition) is 4. The molecule has 1 aromatic rings. The van der Waals surface area contributed by atoms with Crippen molar-refractivity contribution in [2.45, 2.75) is 33.0 Å². The van der Waals surface area contributed by atoms with Gasteiger partial charge in [-0.2, -0.15) is 13.2 Å². The minimum Gasteiger partial charge on any atom is -0.491 e. The highest BCUT2D eigenvalue weighted by atomic mass is 127. The summed E-state index contributed by atoms with van der Waals surface area (Å²) in [5, 5.41) is 6.31. The lowest BCUT2D eigenvalue weighted by atomic mass is 10.1. The lowest BCUT2D eigenvalue weighted by Gasteiger charge is -2.19. The fourth-order valence-electron chi connectivity index (χ4n) is 2.61. The molecule has 2 N–H and O–H groups in total. The Morgan fingerprint density at radius 1 is 1.20 bits per heavy atom. The van der Waals surface area contributed by atoms with Crippen LogP contribution in [-0.4, -0.2) is 70.6 Å². The molecule has 0 radical (unpaired) electrons. The number of ether oxygens (including phenoxy) is 2. The zero-order valence-corrected chi connectivity index (χ0v) is 20.5. The Morgan fingerprint density at radius 3 is 2.57 bits per heavy atom. The summed E-state index contributed by atoms with van der Waals surface area (Å²) in [7, 11) is 3.09. The van der Waals surface area contributed by atoms with E-state index >= 15 is 0 Å². The first-order valence-corrected chi connectivity index (χ1v) is 9.74. The Kier molecular flexibility index (Phi) is 14.9. The molecule has 6 nitrogen and oxygen atoms in total. The number of alkyl halides is 3. The van der Waals surface area contributed by atoms with Gasteiger partial charge in [-0.05, 0) is 45.5 Å². The molecule has 0 bridgehead atoms. The maximum atomic E-state index is 12.4. The van der Waals surface area contributed by atoms with E-state index in [2.05, 4.69) is 15.6 Å². The Hall–Kier alpha value is -1.27. The van der Waals surface area contributed by atoms with Crippen molar-refractivity contribution in [1.29, 1.82) is 0 Å². The number of rotatable bonds is 12. The molecule has 0 heterocycles. The van der Waals surface area contributed by atoms with Gasteiger partial charge in [0, 0.05) is 25.8 Å². The van der Waals surface area contributed by atoms with Gasteiger partial charge in [-0.15, -0.1) is 24.0 Å². The third-order valence-electron chi connectivity index (χ3n) is 3.98. The average molecular weight is 546 g/mol. The van der Waals surface area contributed by atoms with E-state index in [9.17, 15) is 13.2 Å². The van der Waals surface area contributed by atoms with Gasteiger partial charge in [0.15, 0.2) is 5.96 Å². The minimum atomic E-state index is -4.17. The van der Waals surface area contributed by atoms with Gasteiger partial charge in [-0.25, -0.2) is 4.99 Å². The van der Waals surface area contributed by atoms with Gasteiger partial charge in [0.2, 0.25) is 0 Å². The maximum Gasteiger partial charge on any atom is 0.401 e. The second kappa shape index (κ2) is 15.5. The average Bonchev–Trinajstić information content (AvgIpc) is 2.63. The predicted molar refractivity (Wildman–Crippen MR) is 125 cm³/mol. The topological polar surface area (TPSA) is 58.1 Å². The molecule has 174 valence electrons. The summed E-state index contributed by atoms with van der Waals surface area (Å²) in [6.07, 6.45) is -3.59. The Balaban J connectivity index is 0.00000841. The van der Waals surface area contributed by atoms with Crippen LogP contribution >= 0.6 is 24.0 Å². The fraction of sp³-hybridized carbons (Fsp3) is 0.650. The quantitative estimate of drug-likeness (QED) is 0.182. The molecule has 0 fully saturated rings. The van der Waals surface area contributed by atoms with Crippen molar-refractivity contribution in [2.24, 2.45) is 4.99 Å². The van der Waals surface area contributed by atoms with Crippen molar-refractivity contribution in [3.05, 3.63) is 29.3 Å². The third-order valence-corrected chi connectivity index (χ3v) is 3.98. The SMILES string of the molecule is CCNC(=NCc1ccc(C)cc1OCCOC)NCCCN(C)CC(F)(F)F.I. The molecular formula is C20H34F3IN4O2.